The normalized spacial score (nSPS) is 26.0. The van der Waals surface area contributed by atoms with E-state index < -0.39 is 0 Å². The van der Waals surface area contributed by atoms with Crippen LogP contribution in [0.25, 0.3) is 0 Å². The lowest BCUT2D eigenvalue weighted by atomic mass is 10.2. The number of nitrogens with two attached hydrogens (primary N) is 2. The van der Waals surface area contributed by atoms with Gasteiger partial charge in [0, 0.05) is 39.3 Å². The molecule has 2 atom stereocenters. The molecule has 5 heteroatoms. The molecule has 6 N–H and O–H groups in total. The third-order valence-corrected chi connectivity index (χ3v) is 2.58. The minimum atomic E-state index is 0.362. The van der Waals surface area contributed by atoms with Gasteiger partial charge in [0.15, 0.2) is 0 Å². The number of hydrogen-bond donors (Lipinski definition) is 4. The van der Waals surface area contributed by atoms with Crippen molar-refractivity contribution < 1.29 is 4.74 Å². The highest BCUT2D eigenvalue weighted by Gasteiger charge is 2.24. The van der Waals surface area contributed by atoms with Crippen molar-refractivity contribution in [2.45, 2.75) is 25.0 Å². The molecule has 0 aliphatic carbocycles. The Bertz CT molecular complexity index is 140. The summed E-state index contributed by atoms with van der Waals surface area (Å²) in [7, 11) is 0. The maximum Gasteiger partial charge on any atom is 0.0704 e. The largest absolute Gasteiger partial charge is 0.372 e. The smallest absolute Gasteiger partial charge is 0.0704 e. The Morgan fingerprint density at radius 2 is 1.40 bits per heavy atom. The fraction of sp³-hybridized carbons (Fsp3) is 1.00. The topological polar surface area (TPSA) is 85.3 Å². The number of hydrogen-bond acceptors (Lipinski definition) is 5. The minimum Gasteiger partial charge on any atom is -0.372 e. The average molecular weight is 216 g/mol. The fourth-order valence-corrected chi connectivity index (χ4v) is 1.81. The second-order valence-corrected chi connectivity index (χ2v) is 3.94. The predicted molar refractivity (Wildman–Crippen MR) is 61.7 cm³/mol. The van der Waals surface area contributed by atoms with Crippen LogP contribution in [0.4, 0.5) is 0 Å². The van der Waals surface area contributed by atoms with Gasteiger partial charge in [-0.2, -0.15) is 0 Å². The maximum atomic E-state index is 5.85. The van der Waals surface area contributed by atoms with Crippen LogP contribution in [0.3, 0.4) is 0 Å². The van der Waals surface area contributed by atoms with Crippen LogP contribution >= 0.6 is 0 Å². The first-order valence-electron chi connectivity index (χ1n) is 5.84. The Balaban J connectivity index is 1.99. The van der Waals surface area contributed by atoms with Crippen LogP contribution in [0.5, 0.6) is 0 Å². The van der Waals surface area contributed by atoms with Crippen molar-refractivity contribution in [2.24, 2.45) is 11.5 Å². The van der Waals surface area contributed by atoms with E-state index in [9.17, 15) is 0 Å². The van der Waals surface area contributed by atoms with Crippen molar-refractivity contribution in [3.8, 4) is 0 Å². The first kappa shape index (κ1) is 12.9. The van der Waals surface area contributed by atoms with Gasteiger partial charge in [0.1, 0.15) is 0 Å². The monoisotopic (exact) mass is 216 g/mol. The van der Waals surface area contributed by atoms with Crippen LogP contribution in [-0.4, -0.2) is 51.5 Å². The summed E-state index contributed by atoms with van der Waals surface area (Å²) in [5, 5.41) is 6.55. The summed E-state index contributed by atoms with van der Waals surface area (Å²) < 4.78 is 5.85. The Kier molecular flexibility index (Phi) is 6.87. The lowest BCUT2D eigenvalue weighted by Crippen LogP contribution is -2.34. The number of ether oxygens (including phenoxy) is 1. The van der Waals surface area contributed by atoms with E-state index in [0.29, 0.717) is 25.3 Å². The molecule has 1 aliphatic rings. The van der Waals surface area contributed by atoms with Crippen molar-refractivity contribution in [2.75, 3.05) is 39.3 Å². The van der Waals surface area contributed by atoms with Crippen LogP contribution in [0.1, 0.15) is 12.8 Å². The van der Waals surface area contributed by atoms with E-state index in [2.05, 4.69) is 10.6 Å². The van der Waals surface area contributed by atoms with Gasteiger partial charge >= 0.3 is 0 Å². The molecule has 1 aliphatic heterocycles. The summed E-state index contributed by atoms with van der Waals surface area (Å²) in [5.41, 5.74) is 10.8. The Hall–Kier alpha value is -0.200. The second kappa shape index (κ2) is 8.01. The van der Waals surface area contributed by atoms with Crippen molar-refractivity contribution in [1.82, 2.24) is 10.6 Å². The molecule has 0 radical (unpaired) electrons. The molecule has 0 aromatic carbocycles. The molecule has 0 aromatic heterocycles. The molecular formula is C10H24N4O. The Labute approximate surface area is 91.9 Å². The molecule has 0 spiro atoms. The molecule has 1 rings (SSSR count). The van der Waals surface area contributed by atoms with Crippen LogP contribution in [0.2, 0.25) is 0 Å². The zero-order valence-corrected chi connectivity index (χ0v) is 9.37. The fourth-order valence-electron chi connectivity index (χ4n) is 1.81. The summed E-state index contributed by atoms with van der Waals surface area (Å²) in [6, 6.07) is 0. The van der Waals surface area contributed by atoms with E-state index in [0.717, 1.165) is 39.0 Å². The molecule has 5 nitrogen and oxygen atoms in total. The molecule has 1 saturated heterocycles. The van der Waals surface area contributed by atoms with E-state index in [4.69, 9.17) is 16.2 Å². The highest BCUT2D eigenvalue weighted by atomic mass is 16.5. The average Bonchev–Trinajstić information content (AvgIpc) is 2.67. The summed E-state index contributed by atoms with van der Waals surface area (Å²) >= 11 is 0. The van der Waals surface area contributed by atoms with Gasteiger partial charge in [-0.1, -0.05) is 0 Å². The lowest BCUT2D eigenvalue weighted by molar-refractivity contribution is 0.0462. The highest BCUT2D eigenvalue weighted by Crippen LogP contribution is 2.18. The van der Waals surface area contributed by atoms with E-state index in [1.807, 2.05) is 0 Å². The van der Waals surface area contributed by atoms with Gasteiger partial charge in [0.05, 0.1) is 12.2 Å². The Morgan fingerprint density at radius 1 is 0.933 bits per heavy atom. The van der Waals surface area contributed by atoms with Gasteiger partial charge in [-0.25, -0.2) is 0 Å². The summed E-state index contributed by atoms with van der Waals surface area (Å²) in [6.07, 6.45) is 3.02. The van der Waals surface area contributed by atoms with Gasteiger partial charge in [-0.05, 0) is 12.8 Å². The molecule has 15 heavy (non-hydrogen) atoms. The van der Waals surface area contributed by atoms with Crippen LogP contribution < -0.4 is 22.1 Å². The number of nitrogens with one attached hydrogen (secondary N) is 2. The van der Waals surface area contributed by atoms with Crippen molar-refractivity contribution >= 4 is 0 Å². The van der Waals surface area contributed by atoms with Gasteiger partial charge in [0.2, 0.25) is 0 Å². The van der Waals surface area contributed by atoms with Crippen molar-refractivity contribution in [3.05, 3.63) is 0 Å². The summed E-state index contributed by atoms with van der Waals surface area (Å²) in [5.74, 6) is 0. The molecule has 2 unspecified atom stereocenters. The molecule has 0 saturated carbocycles. The lowest BCUT2D eigenvalue weighted by Gasteiger charge is -2.14. The third-order valence-electron chi connectivity index (χ3n) is 2.58. The highest BCUT2D eigenvalue weighted by molar-refractivity contribution is 4.76. The molecular weight excluding hydrogens is 192 g/mol. The Morgan fingerprint density at radius 3 is 1.80 bits per heavy atom. The van der Waals surface area contributed by atoms with Crippen molar-refractivity contribution in [1.29, 1.82) is 0 Å². The zero-order chi connectivity index (χ0) is 10.9. The summed E-state index contributed by atoms with van der Waals surface area (Å²) in [6.45, 7) is 4.96. The zero-order valence-electron chi connectivity index (χ0n) is 9.37. The molecule has 0 aromatic rings. The molecule has 0 bridgehead atoms. The quantitative estimate of drug-likeness (QED) is 0.376. The second-order valence-electron chi connectivity index (χ2n) is 3.94. The molecule has 1 heterocycles. The van der Waals surface area contributed by atoms with E-state index >= 15 is 0 Å². The van der Waals surface area contributed by atoms with Gasteiger partial charge in [0.25, 0.3) is 0 Å². The SMILES string of the molecule is NCCNCC1CCC(CNCCN)O1. The van der Waals surface area contributed by atoms with Crippen LogP contribution in [0.15, 0.2) is 0 Å². The molecule has 1 fully saturated rings. The molecule has 0 amide bonds. The van der Waals surface area contributed by atoms with Crippen molar-refractivity contribution in [3.63, 3.8) is 0 Å². The van der Waals surface area contributed by atoms with Gasteiger partial charge < -0.3 is 26.8 Å². The summed E-state index contributed by atoms with van der Waals surface area (Å²) in [4.78, 5) is 0. The third kappa shape index (κ3) is 5.44. The van der Waals surface area contributed by atoms with Crippen LogP contribution in [0, 0.1) is 0 Å². The van der Waals surface area contributed by atoms with E-state index in [-0.39, 0.29) is 0 Å². The van der Waals surface area contributed by atoms with E-state index in [1.54, 1.807) is 0 Å². The predicted octanol–water partition coefficient (Wildman–Crippen LogP) is -1.37. The first-order valence-corrected chi connectivity index (χ1v) is 5.84. The first-order chi connectivity index (χ1) is 7.36. The van der Waals surface area contributed by atoms with Gasteiger partial charge in [-0.3, -0.25) is 0 Å². The van der Waals surface area contributed by atoms with Crippen LogP contribution in [-0.2, 0) is 4.74 Å². The molecule has 90 valence electrons. The number of rotatable bonds is 8. The standard InChI is InChI=1S/C10H24N4O/c11-3-5-13-7-9-1-2-10(15-9)8-14-6-4-12/h9-10,13-14H,1-8,11-12H2. The minimum absolute atomic E-state index is 0.362. The maximum absolute atomic E-state index is 5.85. The van der Waals surface area contributed by atoms with Gasteiger partial charge in [-0.15, -0.1) is 0 Å². The van der Waals surface area contributed by atoms with E-state index in [1.165, 1.54) is 0 Å².